The Morgan fingerprint density at radius 2 is 1.90 bits per heavy atom. The van der Waals surface area contributed by atoms with Gasteiger partial charge in [0.25, 0.3) is 0 Å². The summed E-state index contributed by atoms with van der Waals surface area (Å²) in [5, 5.41) is 4.32. The van der Waals surface area contributed by atoms with Crippen LogP contribution in [0.3, 0.4) is 0 Å². The van der Waals surface area contributed by atoms with E-state index in [1.165, 1.54) is 6.26 Å². The predicted molar refractivity (Wildman–Crippen MR) is 111 cm³/mol. The number of imidazole rings is 1. The van der Waals surface area contributed by atoms with E-state index in [0.29, 0.717) is 17.4 Å². The molecule has 2 heterocycles. The third-order valence-electron chi connectivity index (χ3n) is 4.32. The number of furan rings is 1. The van der Waals surface area contributed by atoms with Crippen LogP contribution in [0.2, 0.25) is 0 Å². The summed E-state index contributed by atoms with van der Waals surface area (Å²) in [6, 6.07) is 17.6. The van der Waals surface area contributed by atoms with Gasteiger partial charge in [-0.3, -0.25) is 0 Å². The number of nitrogens with zero attached hydrogens (tertiary/aromatic N) is 2. The van der Waals surface area contributed by atoms with Crippen LogP contribution >= 0.6 is 0 Å². The van der Waals surface area contributed by atoms with Crippen LogP contribution in [0.25, 0.3) is 11.0 Å². The van der Waals surface area contributed by atoms with Crippen LogP contribution in [0.4, 0.5) is 5.95 Å². The number of anilines is 1. The van der Waals surface area contributed by atoms with Gasteiger partial charge in [-0.2, -0.15) is 5.10 Å². The van der Waals surface area contributed by atoms with E-state index in [4.69, 9.17) is 4.42 Å². The van der Waals surface area contributed by atoms with Crippen molar-refractivity contribution in [1.29, 1.82) is 0 Å². The molecule has 0 atom stereocenters. The highest BCUT2D eigenvalue weighted by atomic mass is 32.2. The molecule has 0 spiro atoms. The highest BCUT2D eigenvalue weighted by molar-refractivity contribution is 7.89. The molecule has 0 aliphatic rings. The second-order valence-corrected chi connectivity index (χ2v) is 8.11. The largest absolute Gasteiger partial charge is 0.468 e. The molecule has 0 aliphatic carbocycles. The number of nitrogens with one attached hydrogen (secondary N) is 3. The lowest BCUT2D eigenvalue weighted by molar-refractivity contribution is 0.498. The molecule has 0 aliphatic heterocycles. The molecular formula is C20H19N5O3S. The third-order valence-corrected chi connectivity index (χ3v) is 5.73. The molecule has 148 valence electrons. The van der Waals surface area contributed by atoms with Crippen molar-refractivity contribution in [2.24, 2.45) is 5.10 Å². The summed E-state index contributed by atoms with van der Waals surface area (Å²) < 4.78 is 32.4. The molecule has 2 aromatic heterocycles. The molecule has 4 rings (SSSR count). The number of para-hydroxylation sites is 2. The fourth-order valence-electron chi connectivity index (χ4n) is 2.75. The number of hydrogen-bond donors (Lipinski definition) is 3. The number of aromatic nitrogens is 2. The second-order valence-electron chi connectivity index (χ2n) is 6.34. The molecular weight excluding hydrogens is 390 g/mol. The molecule has 0 fully saturated rings. The van der Waals surface area contributed by atoms with E-state index in [0.717, 1.165) is 16.6 Å². The minimum Gasteiger partial charge on any atom is -0.468 e. The van der Waals surface area contributed by atoms with Gasteiger partial charge in [0.15, 0.2) is 0 Å². The van der Waals surface area contributed by atoms with E-state index < -0.39 is 10.0 Å². The number of sulfonamides is 1. The first-order valence-electron chi connectivity index (χ1n) is 8.89. The quantitative estimate of drug-likeness (QED) is 0.320. The van der Waals surface area contributed by atoms with Crippen molar-refractivity contribution in [2.45, 2.75) is 18.4 Å². The van der Waals surface area contributed by atoms with Gasteiger partial charge >= 0.3 is 0 Å². The zero-order chi connectivity index (χ0) is 20.3. The molecule has 0 saturated carbocycles. The maximum atomic E-state index is 12.4. The van der Waals surface area contributed by atoms with Gasteiger partial charge in [0.1, 0.15) is 5.76 Å². The number of benzene rings is 2. The molecule has 2 aromatic carbocycles. The molecule has 0 saturated heterocycles. The zero-order valence-corrected chi connectivity index (χ0v) is 16.4. The molecule has 0 bridgehead atoms. The molecule has 29 heavy (non-hydrogen) atoms. The van der Waals surface area contributed by atoms with Crippen molar-refractivity contribution in [3.63, 3.8) is 0 Å². The lowest BCUT2D eigenvalue weighted by atomic mass is 10.1. The molecule has 4 aromatic rings. The Morgan fingerprint density at radius 3 is 2.62 bits per heavy atom. The van der Waals surface area contributed by atoms with E-state index >= 15 is 0 Å². The number of fused-ring (bicyclic) bond motifs is 1. The molecule has 0 radical (unpaired) electrons. The van der Waals surface area contributed by atoms with Crippen LogP contribution in [0.15, 0.2) is 81.3 Å². The smallest absolute Gasteiger partial charge is 0.240 e. The summed E-state index contributed by atoms with van der Waals surface area (Å²) >= 11 is 0. The summed E-state index contributed by atoms with van der Waals surface area (Å²) in [6.45, 7) is 1.92. The maximum Gasteiger partial charge on any atom is 0.240 e. The first kappa shape index (κ1) is 18.9. The van der Waals surface area contributed by atoms with Crippen molar-refractivity contribution in [3.8, 4) is 0 Å². The first-order chi connectivity index (χ1) is 14.0. The van der Waals surface area contributed by atoms with E-state index in [2.05, 4.69) is 25.2 Å². The van der Waals surface area contributed by atoms with Gasteiger partial charge in [0, 0.05) is 0 Å². The molecule has 0 amide bonds. The minimum absolute atomic E-state index is 0.0962. The number of rotatable bonds is 7. The third kappa shape index (κ3) is 4.36. The topological polar surface area (TPSA) is 112 Å². The van der Waals surface area contributed by atoms with Crippen LogP contribution in [-0.4, -0.2) is 24.1 Å². The van der Waals surface area contributed by atoms with Gasteiger partial charge < -0.3 is 9.40 Å². The van der Waals surface area contributed by atoms with Crippen molar-refractivity contribution in [1.82, 2.24) is 14.7 Å². The molecule has 0 unspecified atom stereocenters. The number of hydrogen-bond acceptors (Lipinski definition) is 6. The van der Waals surface area contributed by atoms with Gasteiger partial charge in [0.05, 0.1) is 34.4 Å². The maximum absolute atomic E-state index is 12.4. The predicted octanol–water partition coefficient (Wildman–Crippen LogP) is 3.47. The summed E-state index contributed by atoms with van der Waals surface area (Å²) in [4.78, 5) is 7.70. The Balaban J connectivity index is 1.44. The van der Waals surface area contributed by atoms with Crippen molar-refractivity contribution in [2.75, 3.05) is 5.43 Å². The number of aromatic amines is 1. The Kier molecular flexibility index (Phi) is 5.15. The van der Waals surface area contributed by atoms with E-state index in [1.807, 2.05) is 31.2 Å². The van der Waals surface area contributed by atoms with Gasteiger partial charge in [-0.25, -0.2) is 23.5 Å². The number of H-pyrrole nitrogens is 1. The average molecular weight is 409 g/mol. The van der Waals surface area contributed by atoms with E-state index in [-0.39, 0.29) is 11.4 Å². The highest BCUT2D eigenvalue weighted by Gasteiger charge is 2.14. The van der Waals surface area contributed by atoms with Crippen LogP contribution in [0.1, 0.15) is 18.2 Å². The summed E-state index contributed by atoms with van der Waals surface area (Å²) in [5.41, 5.74) is 6.14. The Morgan fingerprint density at radius 1 is 1.10 bits per heavy atom. The highest BCUT2D eigenvalue weighted by Crippen LogP contribution is 2.15. The van der Waals surface area contributed by atoms with Crippen LogP contribution < -0.4 is 10.1 Å². The molecule has 8 nitrogen and oxygen atoms in total. The number of hydrazone groups is 1. The van der Waals surface area contributed by atoms with E-state index in [9.17, 15) is 8.42 Å². The average Bonchev–Trinajstić information content (AvgIpc) is 3.40. The Hall–Kier alpha value is -3.43. The lowest BCUT2D eigenvalue weighted by Gasteiger charge is -2.07. The standard InChI is InChI=1S/C20H19N5O3S/c1-14(24-25-20-22-18-6-2-3-7-19(18)23-20)15-8-10-17(11-9-15)29(26,27)21-13-16-5-4-12-28-16/h2-12,21H,13H2,1H3,(H2,22,23,25)/b24-14-. The lowest BCUT2D eigenvalue weighted by Crippen LogP contribution is -2.23. The monoisotopic (exact) mass is 409 g/mol. The second kappa shape index (κ2) is 7.90. The van der Waals surface area contributed by atoms with Crippen molar-refractivity contribution in [3.05, 3.63) is 78.3 Å². The minimum atomic E-state index is -3.63. The van der Waals surface area contributed by atoms with Gasteiger partial charge in [-0.15, -0.1) is 0 Å². The normalized spacial score (nSPS) is 12.4. The summed E-state index contributed by atoms with van der Waals surface area (Å²) in [5.74, 6) is 1.08. The zero-order valence-electron chi connectivity index (χ0n) is 15.6. The SMILES string of the molecule is C/C(=N/Nc1nc2ccccc2[nH]1)c1ccc(S(=O)(=O)NCc2ccco2)cc1. The summed E-state index contributed by atoms with van der Waals surface area (Å²) in [7, 11) is -3.63. The Bertz CT molecular complexity index is 1210. The van der Waals surface area contributed by atoms with Crippen LogP contribution in [0, 0.1) is 0 Å². The van der Waals surface area contributed by atoms with Crippen LogP contribution in [0.5, 0.6) is 0 Å². The van der Waals surface area contributed by atoms with Gasteiger partial charge in [-0.05, 0) is 48.9 Å². The molecule has 9 heteroatoms. The summed E-state index contributed by atoms with van der Waals surface area (Å²) in [6.07, 6.45) is 1.50. The fraction of sp³-hybridized carbons (Fsp3) is 0.100. The Labute approximate surface area is 167 Å². The van der Waals surface area contributed by atoms with Crippen molar-refractivity contribution >= 4 is 32.7 Å². The van der Waals surface area contributed by atoms with Crippen molar-refractivity contribution < 1.29 is 12.8 Å². The fourth-order valence-corrected chi connectivity index (χ4v) is 3.74. The van der Waals surface area contributed by atoms with Gasteiger partial charge in [-0.1, -0.05) is 24.3 Å². The molecule has 3 N–H and O–H groups in total. The van der Waals surface area contributed by atoms with E-state index in [1.54, 1.807) is 36.4 Å². The first-order valence-corrected chi connectivity index (χ1v) is 10.4. The van der Waals surface area contributed by atoms with Crippen LogP contribution in [-0.2, 0) is 16.6 Å². The van der Waals surface area contributed by atoms with Gasteiger partial charge in [0.2, 0.25) is 16.0 Å².